The first kappa shape index (κ1) is 20.9. The fraction of sp³-hybridized carbons (Fsp3) is 0.429. The van der Waals surface area contributed by atoms with Gasteiger partial charge in [0.1, 0.15) is 5.82 Å². The molecule has 26 heavy (non-hydrogen) atoms. The summed E-state index contributed by atoms with van der Waals surface area (Å²) in [5.74, 6) is -2.20. The van der Waals surface area contributed by atoms with Crippen LogP contribution in [-0.2, 0) is 4.79 Å². The molecule has 1 heterocycles. The third kappa shape index (κ3) is 4.64. The van der Waals surface area contributed by atoms with Crippen molar-refractivity contribution >= 4 is 40.3 Å². The minimum absolute atomic E-state index is 0.0707. The van der Waals surface area contributed by atoms with Crippen molar-refractivity contribution in [1.82, 2.24) is 4.90 Å². The molecule has 0 radical (unpaired) electrons. The number of amides is 1. The molecule has 0 aromatic heterocycles. The number of rotatable bonds is 6. The normalized spacial score (nSPS) is 19.1. The van der Waals surface area contributed by atoms with E-state index in [4.69, 9.17) is 0 Å². The van der Waals surface area contributed by atoms with Gasteiger partial charge in [-0.25, -0.2) is 35.7 Å². The number of hydrogen-bond acceptors (Lipinski definition) is 4. The Balaban J connectivity index is 2.38. The van der Waals surface area contributed by atoms with Crippen LogP contribution in [0.5, 0.6) is 0 Å². The topological polar surface area (TPSA) is 32.7 Å². The first-order chi connectivity index (χ1) is 12.1. The fourth-order valence-corrected chi connectivity index (χ4v) is 3.54. The minimum Gasteiger partial charge on any atom is -0.273 e. The van der Waals surface area contributed by atoms with Gasteiger partial charge in [-0.2, -0.15) is 0 Å². The molecule has 0 saturated carbocycles. The average molecular weight is 420 g/mol. The van der Waals surface area contributed by atoms with Gasteiger partial charge >= 0.3 is 0 Å². The second-order valence-corrected chi connectivity index (χ2v) is 7.09. The number of aliphatic imine (C=N–C) groups is 1. The number of hydrogen-bond donors (Lipinski definition) is 0. The summed E-state index contributed by atoms with van der Waals surface area (Å²) in [5, 5.41) is -0.376. The maximum atomic E-state index is 13.8. The molecule has 1 aliphatic rings. The smallest absolute Gasteiger partial charge is 0.273 e. The van der Waals surface area contributed by atoms with E-state index < -0.39 is 41.3 Å². The van der Waals surface area contributed by atoms with Crippen LogP contribution in [0.1, 0.15) is 5.56 Å². The van der Waals surface area contributed by atoms with Crippen LogP contribution >= 0.6 is 23.5 Å². The van der Waals surface area contributed by atoms with E-state index in [0.717, 1.165) is 12.1 Å². The third-order valence-electron chi connectivity index (χ3n) is 3.16. The Bertz CT molecular complexity index is 717. The van der Waals surface area contributed by atoms with E-state index in [-0.39, 0.29) is 38.8 Å². The maximum absolute atomic E-state index is 13.8. The molecule has 1 amide bonds. The number of carbonyl (C=O) groups is 1. The highest BCUT2D eigenvalue weighted by Crippen LogP contribution is 2.36. The van der Waals surface area contributed by atoms with Crippen molar-refractivity contribution in [2.24, 2.45) is 4.99 Å². The van der Waals surface area contributed by atoms with Gasteiger partial charge in [0.05, 0.1) is 11.4 Å². The maximum Gasteiger partial charge on any atom is 0.288 e. The first-order valence-electron chi connectivity index (χ1n) is 6.96. The molecule has 0 bridgehead atoms. The zero-order chi connectivity index (χ0) is 19.6. The van der Waals surface area contributed by atoms with Crippen LogP contribution in [0.4, 0.5) is 36.4 Å². The molecule has 144 valence electrons. The molecule has 2 atom stereocenters. The van der Waals surface area contributed by atoms with Crippen molar-refractivity contribution in [3.8, 4) is 0 Å². The van der Waals surface area contributed by atoms with Crippen LogP contribution in [0.3, 0.4) is 0 Å². The second kappa shape index (κ2) is 8.51. The molecular weight excluding hydrogens is 409 g/mol. The Labute approximate surface area is 152 Å². The van der Waals surface area contributed by atoms with E-state index in [1.54, 1.807) is 0 Å². The lowest BCUT2D eigenvalue weighted by Gasteiger charge is -2.20. The van der Waals surface area contributed by atoms with E-state index in [0.29, 0.717) is 11.8 Å². The van der Waals surface area contributed by atoms with Crippen molar-refractivity contribution in [1.29, 1.82) is 0 Å². The number of benzene rings is 1. The molecule has 1 aromatic carbocycles. The molecule has 0 N–H and O–H groups in total. The van der Waals surface area contributed by atoms with E-state index in [9.17, 15) is 35.5 Å². The predicted octanol–water partition coefficient (Wildman–Crippen LogP) is 4.91. The van der Waals surface area contributed by atoms with Gasteiger partial charge in [-0.1, -0.05) is 23.5 Å². The molecule has 0 aliphatic carbocycles. The second-order valence-electron chi connectivity index (χ2n) is 5.03. The highest BCUT2D eigenvalue weighted by molar-refractivity contribution is 8.15. The van der Waals surface area contributed by atoms with Crippen LogP contribution < -0.4 is 0 Å². The lowest BCUT2D eigenvalue weighted by atomic mass is 10.2. The number of alkyl halides is 6. The van der Waals surface area contributed by atoms with Crippen molar-refractivity contribution < 1.29 is 35.5 Å². The number of halogens is 7. The van der Waals surface area contributed by atoms with Crippen LogP contribution in [0.2, 0.25) is 0 Å². The summed E-state index contributed by atoms with van der Waals surface area (Å²) in [5.41, 5.74) is -2.60. The van der Waals surface area contributed by atoms with E-state index in [1.807, 2.05) is 0 Å². The van der Waals surface area contributed by atoms with Gasteiger partial charge in [0.25, 0.3) is 12.9 Å². The van der Waals surface area contributed by atoms with Gasteiger partial charge in [-0.3, -0.25) is 9.69 Å². The summed E-state index contributed by atoms with van der Waals surface area (Å²) in [6, 6.07) is 1.83. The Kier molecular flexibility index (Phi) is 6.83. The quantitative estimate of drug-likeness (QED) is 0.373. The van der Waals surface area contributed by atoms with Crippen molar-refractivity contribution in [2.75, 3.05) is 5.75 Å². The highest BCUT2D eigenvalue weighted by atomic mass is 32.2. The SMILES string of the molecule is Cc1cc(F)c(SC(F)C(F)F)cc1/N=C1\SCC(=O)N1C(F)C(F)F. The molecule has 2 unspecified atom stereocenters. The van der Waals surface area contributed by atoms with Crippen LogP contribution in [0.15, 0.2) is 22.0 Å². The summed E-state index contributed by atoms with van der Waals surface area (Å²) in [4.78, 5) is 15.2. The molecule has 1 aromatic rings. The van der Waals surface area contributed by atoms with Gasteiger partial charge < -0.3 is 0 Å². The van der Waals surface area contributed by atoms with Gasteiger partial charge in [0.2, 0.25) is 17.7 Å². The minimum atomic E-state index is -3.46. The number of carbonyl (C=O) groups excluding carboxylic acids is 1. The van der Waals surface area contributed by atoms with Crippen LogP contribution in [-0.4, -0.2) is 46.4 Å². The van der Waals surface area contributed by atoms with Crippen molar-refractivity contribution in [2.45, 2.75) is 36.5 Å². The van der Waals surface area contributed by atoms with Crippen LogP contribution in [0, 0.1) is 12.7 Å². The number of amidine groups is 1. The summed E-state index contributed by atoms with van der Waals surface area (Å²) >= 11 is 0.624. The molecule has 1 saturated heterocycles. The summed E-state index contributed by atoms with van der Waals surface area (Å²) in [7, 11) is 0. The molecule has 3 nitrogen and oxygen atoms in total. The highest BCUT2D eigenvalue weighted by Gasteiger charge is 2.39. The largest absolute Gasteiger partial charge is 0.288 e. The first-order valence-corrected chi connectivity index (χ1v) is 8.83. The predicted molar refractivity (Wildman–Crippen MR) is 85.2 cm³/mol. The average Bonchev–Trinajstić information content (AvgIpc) is 2.91. The lowest BCUT2D eigenvalue weighted by Crippen LogP contribution is -2.41. The number of aryl methyl sites for hydroxylation is 1. The molecule has 2 rings (SSSR count). The molecular formula is C14H11F7N2OS2. The Morgan fingerprint density at radius 2 is 1.81 bits per heavy atom. The summed E-state index contributed by atoms with van der Waals surface area (Å²) in [6.07, 6.45) is -9.70. The Hall–Kier alpha value is -1.43. The Morgan fingerprint density at radius 1 is 1.15 bits per heavy atom. The van der Waals surface area contributed by atoms with E-state index in [2.05, 4.69) is 4.99 Å². The van der Waals surface area contributed by atoms with Crippen molar-refractivity contribution in [3.05, 3.63) is 23.5 Å². The van der Waals surface area contributed by atoms with E-state index >= 15 is 0 Å². The number of nitrogens with zero attached hydrogens (tertiary/aromatic N) is 2. The summed E-state index contributed by atoms with van der Waals surface area (Å²) in [6.45, 7) is 1.38. The number of thioether (sulfide) groups is 2. The molecule has 0 spiro atoms. The third-order valence-corrected chi connectivity index (χ3v) is 5.09. The van der Waals surface area contributed by atoms with E-state index in [1.165, 1.54) is 6.92 Å². The van der Waals surface area contributed by atoms with Gasteiger partial charge in [-0.05, 0) is 24.6 Å². The molecule has 1 aliphatic heterocycles. The van der Waals surface area contributed by atoms with Gasteiger partial charge in [0, 0.05) is 4.90 Å². The van der Waals surface area contributed by atoms with Crippen molar-refractivity contribution in [3.63, 3.8) is 0 Å². The standard InChI is InChI=1S/C14H11F7N2OS2/c1-5-2-6(15)8(26-13(21)11(18)19)3-7(5)22-14-23(9(24)4-25-14)12(20)10(16)17/h2-3,10-13H,4H2,1H3/b22-14-. The fourth-order valence-electron chi connectivity index (χ4n) is 1.94. The van der Waals surface area contributed by atoms with Crippen LogP contribution in [0.25, 0.3) is 0 Å². The zero-order valence-electron chi connectivity index (χ0n) is 12.9. The van der Waals surface area contributed by atoms with Gasteiger partial charge in [0.15, 0.2) is 5.17 Å². The summed E-state index contributed by atoms with van der Waals surface area (Å²) < 4.78 is 90.4. The monoisotopic (exact) mass is 420 g/mol. The zero-order valence-corrected chi connectivity index (χ0v) is 14.6. The molecule has 12 heteroatoms. The lowest BCUT2D eigenvalue weighted by molar-refractivity contribution is -0.132. The van der Waals surface area contributed by atoms with Gasteiger partial charge in [-0.15, -0.1) is 0 Å². The Morgan fingerprint density at radius 3 is 2.38 bits per heavy atom. The molecule has 1 fully saturated rings.